The van der Waals surface area contributed by atoms with E-state index in [1.54, 1.807) is 25.2 Å². The lowest BCUT2D eigenvalue weighted by molar-refractivity contribution is -0.140. The lowest BCUT2D eigenvalue weighted by atomic mass is 9.76. The fraction of sp³-hybridized carbons (Fsp3) is 0.567. The monoisotopic (exact) mass is 542 g/mol. The van der Waals surface area contributed by atoms with Crippen molar-refractivity contribution in [2.45, 2.75) is 85.0 Å². The summed E-state index contributed by atoms with van der Waals surface area (Å²) in [6.07, 6.45) is 2.78. The normalized spacial score (nSPS) is 16.1. The molecule has 4 atom stereocenters. The third-order valence-electron chi connectivity index (χ3n) is 7.22. The number of aliphatic hydroxyl groups is 1. The molecule has 3 N–H and O–H groups in total. The van der Waals surface area contributed by atoms with E-state index in [-0.39, 0.29) is 23.8 Å². The van der Waals surface area contributed by atoms with E-state index < -0.39 is 29.0 Å². The van der Waals surface area contributed by atoms with E-state index >= 15 is 0 Å². The summed E-state index contributed by atoms with van der Waals surface area (Å²) in [4.78, 5) is 33.6. The fourth-order valence-corrected chi connectivity index (χ4v) is 5.45. The Kier molecular flexibility index (Phi) is 10.8. The molecule has 0 radical (unpaired) electrons. The second-order valence-electron chi connectivity index (χ2n) is 12.0. The number of carbonyl (C=O) groups is 2. The molecule has 210 valence electrons. The van der Waals surface area contributed by atoms with Gasteiger partial charge in [-0.05, 0) is 36.4 Å². The Morgan fingerprint density at radius 1 is 1.08 bits per heavy atom. The zero-order valence-corrected chi connectivity index (χ0v) is 25.4. The van der Waals surface area contributed by atoms with Crippen molar-refractivity contribution in [1.29, 1.82) is 0 Å². The number of nitrogens with one attached hydrogen (secondary N) is 2. The summed E-state index contributed by atoms with van der Waals surface area (Å²) in [6, 6.07) is 8.33. The highest BCUT2D eigenvalue weighted by atomic mass is 32.1. The number of aromatic nitrogens is 1. The number of thiazole rings is 1. The van der Waals surface area contributed by atoms with Gasteiger partial charge in [-0.2, -0.15) is 0 Å². The first-order chi connectivity index (χ1) is 17.6. The zero-order valence-electron chi connectivity index (χ0n) is 24.6. The minimum atomic E-state index is -0.825. The van der Waals surface area contributed by atoms with E-state index in [0.717, 1.165) is 11.1 Å². The number of aliphatic hydroxyl groups excluding tert-OH is 1. The average molecular weight is 543 g/mol. The summed E-state index contributed by atoms with van der Waals surface area (Å²) in [5.74, 6) is -0.319. The number of likely N-dealkylation sites (N-methyl/N-ethyl adjacent to an activating group) is 2. The van der Waals surface area contributed by atoms with E-state index in [2.05, 4.69) is 15.6 Å². The van der Waals surface area contributed by atoms with Gasteiger partial charge in [-0.15, -0.1) is 11.3 Å². The van der Waals surface area contributed by atoms with Crippen LogP contribution in [0.3, 0.4) is 0 Å². The van der Waals surface area contributed by atoms with Crippen LogP contribution in [0.25, 0.3) is 0 Å². The molecular formula is C30H46N4O3S. The highest BCUT2D eigenvalue weighted by Crippen LogP contribution is 2.30. The van der Waals surface area contributed by atoms with E-state index in [4.69, 9.17) is 0 Å². The van der Waals surface area contributed by atoms with Gasteiger partial charge in [0.05, 0.1) is 12.1 Å². The first kappa shape index (κ1) is 31.7. The third kappa shape index (κ3) is 7.52. The quantitative estimate of drug-likeness (QED) is 0.358. The predicted molar refractivity (Wildman–Crippen MR) is 156 cm³/mol. The van der Waals surface area contributed by atoms with Crippen molar-refractivity contribution in [3.63, 3.8) is 0 Å². The smallest absolute Gasteiger partial charge is 0.245 e. The minimum Gasteiger partial charge on any atom is -0.382 e. The van der Waals surface area contributed by atoms with E-state index in [0.29, 0.717) is 5.01 Å². The molecule has 8 heteroatoms. The minimum absolute atomic E-state index is 0.0841. The molecule has 0 fully saturated rings. The van der Waals surface area contributed by atoms with Crippen LogP contribution in [0.4, 0.5) is 0 Å². The van der Waals surface area contributed by atoms with E-state index in [1.165, 1.54) is 11.3 Å². The van der Waals surface area contributed by atoms with Crippen molar-refractivity contribution in [2.24, 2.45) is 11.3 Å². The molecule has 1 aromatic carbocycles. The van der Waals surface area contributed by atoms with Gasteiger partial charge in [0.25, 0.3) is 0 Å². The second kappa shape index (κ2) is 13.0. The highest BCUT2D eigenvalue weighted by Gasteiger charge is 2.41. The van der Waals surface area contributed by atoms with Gasteiger partial charge in [0, 0.05) is 24.0 Å². The molecule has 1 unspecified atom stereocenters. The molecule has 0 saturated carbocycles. The highest BCUT2D eigenvalue weighted by molar-refractivity contribution is 7.09. The molecule has 0 bridgehead atoms. The Labute approximate surface area is 232 Å². The van der Waals surface area contributed by atoms with Gasteiger partial charge in [0.1, 0.15) is 17.2 Å². The molecule has 0 spiro atoms. The zero-order chi connectivity index (χ0) is 28.8. The van der Waals surface area contributed by atoms with Gasteiger partial charge in [-0.1, -0.05) is 84.9 Å². The summed E-state index contributed by atoms with van der Waals surface area (Å²) >= 11 is 1.39. The molecule has 7 nitrogen and oxygen atoms in total. The molecule has 0 saturated heterocycles. The van der Waals surface area contributed by atoms with Gasteiger partial charge >= 0.3 is 0 Å². The SMILES string of the molecule is CN[C@H](C(=O)N[C@H](C(=O)N(C)[C@H](/C=C(\C)C(O)c1nccs1)C(C)C)C(C)(C)C)C(C)(C)c1ccccc1. The van der Waals surface area contributed by atoms with Crippen LogP contribution in [0.2, 0.25) is 0 Å². The number of carbonyl (C=O) groups excluding carboxylic acids is 2. The molecule has 0 aliphatic carbocycles. The second-order valence-corrected chi connectivity index (χ2v) is 12.9. The van der Waals surface area contributed by atoms with Gasteiger partial charge < -0.3 is 20.6 Å². The third-order valence-corrected chi connectivity index (χ3v) is 8.05. The van der Waals surface area contributed by atoms with Crippen molar-refractivity contribution >= 4 is 23.2 Å². The largest absolute Gasteiger partial charge is 0.382 e. The molecule has 0 aliphatic rings. The van der Waals surface area contributed by atoms with Gasteiger partial charge in [0.2, 0.25) is 11.8 Å². The average Bonchev–Trinajstić information content (AvgIpc) is 3.39. The number of amides is 2. The molecule has 0 aliphatic heterocycles. The van der Waals surface area contributed by atoms with E-state index in [9.17, 15) is 14.7 Å². The number of hydrogen-bond acceptors (Lipinski definition) is 6. The van der Waals surface area contributed by atoms with Crippen molar-refractivity contribution in [1.82, 2.24) is 20.5 Å². The molecule has 1 aromatic heterocycles. The number of rotatable bonds is 11. The molecule has 2 rings (SSSR count). The maximum atomic E-state index is 14.0. The summed E-state index contributed by atoms with van der Waals surface area (Å²) in [5.41, 5.74) is 0.722. The Balaban J connectivity index is 2.33. The summed E-state index contributed by atoms with van der Waals surface area (Å²) < 4.78 is 0. The molecule has 2 amide bonds. The Hall–Kier alpha value is -2.55. The fourth-order valence-electron chi connectivity index (χ4n) is 4.76. The maximum absolute atomic E-state index is 14.0. The number of nitrogens with zero attached hydrogens (tertiary/aromatic N) is 2. The number of hydrogen-bond donors (Lipinski definition) is 3. The molecular weight excluding hydrogens is 496 g/mol. The predicted octanol–water partition coefficient (Wildman–Crippen LogP) is 4.70. The van der Waals surface area contributed by atoms with Crippen molar-refractivity contribution in [3.05, 3.63) is 64.1 Å². The molecule has 38 heavy (non-hydrogen) atoms. The van der Waals surface area contributed by atoms with Crippen LogP contribution in [0.1, 0.15) is 72.1 Å². The van der Waals surface area contributed by atoms with Crippen LogP contribution < -0.4 is 10.6 Å². The van der Waals surface area contributed by atoms with Crippen molar-refractivity contribution < 1.29 is 14.7 Å². The lowest BCUT2D eigenvalue weighted by Gasteiger charge is -2.40. The lowest BCUT2D eigenvalue weighted by Crippen LogP contribution is -2.61. The number of benzene rings is 1. The van der Waals surface area contributed by atoms with Crippen LogP contribution in [0, 0.1) is 11.3 Å². The van der Waals surface area contributed by atoms with Crippen LogP contribution in [-0.4, -0.2) is 59.0 Å². The summed E-state index contributed by atoms with van der Waals surface area (Å²) in [7, 11) is 3.53. The van der Waals surface area contributed by atoms with Gasteiger partial charge in [-0.25, -0.2) is 4.98 Å². The molecule has 2 aromatic rings. The summed E-state index contributed by atoms with van der Waals surface area (Å²) in [6.45, 7) is 15.9. The Morgan fingerprint density at radius 3 is 2.16 bits per heavy atom. The topological polar surface area (TPSA) is 94.6 Å². The molecule has 1 heterocycles. The Bertz CT molecular complexity index is 1070. The van der Waals surface area contributed by atoms with Gasteiger partial charge in [-0.3, -0.25) is 9.59 Å². The van der Waals surface area contributed by atoms with Crippen LogP contribution in [0.15, 0.2) is 53.6 Å². The van der Waals surface area contributed by atoms with Crippen molar-refractivity contribution in [3.8, 4) is 0 Å². The van der Waals surface area contributed by atoms with Crippen LogP contribution in [-0.2, 0) is 15.0 Å². The maximum Gasteiger partial charge on any atom is 0.245 e. The first-order valence-corrected chi connectivity index (χ1v) is 14.1. The first-order valence-electron chi connectivity index (χ1n) is 13.2. The van der Waals surface area contributed by atoms with Gasteiger partial charge in [0.15, 0.2) is 0 Å². The Morgan fingerprint density at radius 2 is 1.68 bits per heavy atom. The standard InChI is InChI=1S/C30H46N4O3S/c1-19(2)22(18-20(3)23(35)27-32-16-17-38-27)34(10)28(37)25(29(4,5)6)33-26(36)24(31-9)30(7,8)21-14-12-11-13-15-21/h11-19,22-25,31,35H,1-10H3,(H,33,36)/b20-18+/t22-,23?,24-,25-/m1/s1. The van der Waals surface area contributed by atoms with Crippen LogP contribution >= 0.6 is 11.3 Å². The van der Waals surface area contributed by atoms with Crippen LogP contribution in [0.5, 0.6) is 0 Å². The van der Waals surface area contributed by atoms with Crippen molar-refractivity contribution in [2.75, 3.05) is 14.1 Å². The van der Waals surface area contributed by atoms with E-state index in [1.807, 2.05) is 97.2 Å². The summed E-state index contributed by atoms with van der Waals surface area (Å²) in [5, 5.41) is 19.5.